The second-order valence-electron chi connectivity index (χ2n) is 5.55. The van der Waals surface area contributed by atoms with Gasteiger partial charge in [0.2, 0.25) is 0 Å². The number of rotatable bonds is 5. The monoisotopic (exact) mass is 314 g/mol. The summed E-state index contributed by atoms with van der Waals surface area (Å²) in [5.41, 5.74) is 0.884. The first-order valence-corrected chi connectivity index (χ1v) is 7.26. The maximum absolute atomic E-state index is 14.2. The molecule has 5 heteroatoms. The van der Waals surface area contributed by atoms with E-state index >= 15 is 0 Å². The van der Waals surface area contributed by atoms with Crippen LogP contribution in [-0.4, -0.2) is 24.0 Å². The molecule has 0 radical (unpaired) electrons. The molecule has 1 fully saturated rings. The molecule has 1 saturated carbocycles. The predicted octanol–water partition coefficient (Wildman–Crippen LogP) is 3.79. The lowest BCUT2D eigenvalue weighted by Gasteiger charge is -2.12. The van der Waals surface area contributed by atoms with Crippen molar-refractivity contribution in [2.75, 3.05) is 7.11 Å². The molecule has 0 aromatic heterocycles. The SMILES string of the molecule is COc1ccc(F)c(-c2ccc(C(=O)O)cc2C(=O)C2CC2)c1. The van der Waals surface area contributed by atoms with Crippen molar-refractivity contribution in [1.82, 2.24) is 0 Å². The summed E-state index contributed by atoms with van der Waals surface area (Å²) < 4.78 is 19.3. The van der Waals surface area contributed by atoms with Crippen molar-refractivity contribution in [3.05, 3.63) is 53.3 Å². The minimum Gasteiger partial charge on any atom is -0.497 e. The summed E-state index contributed by atoms with van der Waals surface area (Å²) in [6.07, 6.45) is 1.58. The van der Waals surface area contributed by atoms with Crippen molar-refractivity contribution >= 4 is 11.8 Å². The lowest BCUT2D eigenvalue weighted by molar-refractivity contribution is 0.0697. The molecule has 0 unspecified atom stereocenters. The van der Waals surface area contributed by atoms with Gasteiger partial charge in [-0.15, -0.1) is 0 Å². The third-order valence-corrected chi connectivity index (χ3v) is 3.94. The molecule has 23 heavy (non-hydrogen) atoms. The van der Waals surface area contributed by atoms with Crippen molar-refractivity contribution in [2.45, 2.75) is 12.8 Å². The van der Waals surface area contributed by atoms with Crippen LogP contribution in [0.25, 0.3) is 11.1 Å². The number of carboxylic acids is 1. The summed E-state index contributed by atoms with van der Waals surface area (Å²) in [7, 11) is 1.47. The number of hydrogen-bond donors (Lipinski definition) is 1. The van der Waals surface area contributed by atoms with Gasteiger partial charge in [-0.3, -0.25) is 4.79 Å². The summed E-state index contributed by atoms with van der Waals surface area (Å²) in [5, 5.41) is 9.14. The van der Waals surface area contributed by atoms with E-state index in [2.05, 4.69) is 0 Å². The van der Waals surface area contributed by atoms with Crippen LogP contribution in [0.1, 0.15) is 33.6 Å². The molecule has 0 spiro atoms. The van der Waals surface area contributed by atoms with Gasteiger partial charge in [-0.1, -0.05) is 6.07 Å². The van der Waals surface area contributed by atoms with Crippen molar-refractivity contribution in [3.8, 4) is 16.9 Å². The average Bonchev–Trinajstić information content (AvgIpc) is 3.39. The van der Waals surface area contributed by atoms with E-state index in [1.807, 2.05) is 0 Å². The molecule has 0 atom stereocenters. The molecular formula is C18H15FO4. The number of carbonyl (C=O) groups is 2. The van der Waals surface area contributed by atoms with Crippen LogP contribution in [0.4, 0.5) is 4.39 Å². The molecule has 4 nitrogen and oxygen atoms in total. The Kier molecular flexibility index (Phi) is 3.86. The van der Waals surface area contributed by atoms with Crippen LogP contribution in [0.3, 0.4) is 0 Å². The van der Waals surface area contributed by atoms with Crippen LogP contribution in [0.15, 0.2) is 36.4 Å². The number of ketones is 1. The molecule has 3 rings (SSSR count). The van der Waals surface area contributed by atoms with Crippen LogP contribution >= 0.6 is 0 Å². The second-order valence-corrected chi connectivity index (χ2v) is 5.55. The van der Waals surface area contributed by atoms with Gasteiger partial charge in [-0.25, -0.2) is 9.18 Å². The first-order valence-electron chi connectivity index (χ1n) is 7.26. The van der Waals surface area contributed by atoms with E-state index in [0.717, 1.165) is 12.8 Å². The fourth-order valence-corrected chi connectivity index (χ4v) is 2.52. The van der Waals surface area contributed by atoms with E-state index < -0.39 is 11.8 Å². The zero-order valence-corrected chi connectivity index (χ0v) is 12.5. The van der Waals surface area contributed by atoms with Crippen LogP contribution in [0.2, 0.25) is 0 Å². The van der Waals surface area contributed by atoms with E-state index in [9.17, 15) is 14.0 Å². The zero-order chi connectivity index (χ0) is 16.6. The highest BCUT2D eigenvalue weighted by Gasteiger charge is 2.32. The van der Waals surface area contributed by atoms with Crippen LogP contribution in [-0.2, 0) is 0 Å². The third kappa shape index (κ3) is 2.95. The number of benzene rings is 2. The topological polar surface area (TPSA) is 63.6 Å². The Hall–Kier alpha value is -2.69. The summed E-state index contributed by atoms with van der Waals surface area (Å²) >= 11 is 0. The smallest absolute Gasteiger partial charge is 0.335 e. The average molecular weight is 314 g/mol. The second kappa shape index (κ2) is 5.83. The number of hydrogen-bond acceptors (Lipinski definition) is 3. The molecule has 0 saturated heterocycles. The van der Waals surface area contributed by atoms with Gasteiger partial charge < -0.3 is 9.84 Å². The highest BCUT2D eigenvalue weighted by Crippen LogP contribution is 2.37. The Labute approximate surface area is 132 Å². The Balaban J connectivity index is 2.18. The van der Waals surface area contributed by atoms with E-state index in [1.54, 1.807) is 0 Å². The molecular weight excluding hydrogens is 299 g/mol. The highest BCUT2D eigenvalue weighted by molar-refractivity contribution is 6.06. The number of Topliss-reactive ketones (excluding diaryl/α,β-unsaturated/α-hetero) is 1. The van der Waals surface area contributed by atoms with Crippen molar-refractivity contribution in [3.63, 3.8) is 0 Å². The van der Waals surface area contributed by atoms with Crippen LogP contribution in [0.5, 0.6) is 5.75 Å². The quantitative estimate of drug-likeness (QED) is 0.853. The number of carbonyl (C=O) groups excluding carboxylic acids is 1. The third-order valence-electron chi connectivity index (χ3n) is 3.94. The molecule has 2 aromatic carbocycles. The summed E-state index contributed by atoms with van der Waals surface area (Å²) in [6.45, 7) is 0. The first kappa shape index (κ1) is 15.2. The fourth-order valence-electron chi connectivity index (χ4n) is 2.52. The lowest BCUT2D eigenvalue weighted by Crippen LogP contribution is -2.07. The standard InChI is InChI=1S/C18H15FO4/c1-23-12-5-7-16(19)14(9-12)13-6-4-11(18(21)22)8-15(13)17(20)10-2-3-10/h4-10H,2-3H2,1H3,(H,21,22). The van der Waals surface area contributed by atoms with Gasteiger partial charge in [0.1, 0.15) is 11.6 Å². The maximum Gasteiger partial charge on any atom is 0.335 e. The van der Waals surface area contributed by atoms with Crippen molar-refractivity contribution in [1.29, 1.82) is 0 Å². The van der Waals surface area contributed by atoms with Gasteiger partial charge in [0, 0.05) is 17.0 Å². The van der Waals surface area contributed by atoms with E-state index in [4.69, 9.17) is 9.84 Å². The molecule has 0 amide bonds. The largest absolute Gasteiger partial charge is 0.497 e. The molecule has 0 bridgehead atoms. The lowest BCUT2D eigenvalue weighted by atomic mass is 9.93. The minimum absolute atomic E-state index is 0.0149. The number of ether oxygens (including phenoxy) is 1. The Morgan fingerprint density at radius 1 is 1.13 bits per heavy atom. The van der Waals surface area contributed by atoms with Gasteiger partial charge in [-0.2, -0.15) is 0 Å². The van der Waals surface area contributed by atoms with Gasteiger partial charge in [0.05, 0.1) is 12.7 Å². The zero-order valence-electron chi connectivity index (χ0n) is 12.5. The highest BCUT2D eigenvalue weighted by atomic mass is 19.1. The summed E-state index contributed by atoms with van der Waals surface area (Å²) in [4.78, 5) is 23.7. The number of halogens is 1. The van der Waals surface area contributed by atoms with E-state index in [1.165, 1.54) is 43.5 Å². The van der Waals surface area contributed by atoms with Gasteiger partial charge in [0.15, 0.2) is 5.78 Å². The minimum atomic E-state index is -1.12. The van der Waals surface area contributed by atoms with E-state index in [-0.39, 0.29) is 28.4 Å². The van der Waals surface area contributed by atoms with Crippen LogP contribution < -0.4 is 4.74 Å². The fraction of sp³-hybridized carbons (Fsp3) is 0.222. The molecule has 118 valence electrons. The normalized spacial score (nSPS) is 13.7. The molecule has 2 aromatic rings. The summed E-state index contributed by atoms with van der Waals surface area (Å²) in [6, 6.07) is 8.46. The number of aromatic carboxylic acids is 1. The molecule has 0 aliphatic heterocycles. The maximum atomic E-state index is 14.2. The van der Waals surface area contributed by atoms with Gasteiger partial charge in [-0.05, 0) is 48.7 Å². The Bertz CT molecular complexity index is 794. The Morgan fingerprint density at radius 2 is 1.87 bits per heavy atom. The molecule has 0 heterocycles. The van der Waals surface area contributed by atoms with Crippen molar-refractivity contribution < 1.29 is 23.8 Å². The van der Waals surface area contributed by atoms with E-state index in [0.29, 0.717) is 11.3 Å². The molecule has 1 aliphatic carbocycles. The first-order chi connectivity index (χ1) is 11.0. The Morgan fingerprint density at radius 3 is 2.48 bits per heavy atom. The molecule has 1 aliphatic rings. The molecule has 1 N–H and O–H groups in total. The van der Waals surface area contributed by atoms with Gasteiger partial charge >= 0.3 is 5.97 Å². The summed E-state index contributed by atoms with van der Waals surface area (Å²) in [5.74, 6) is -1.36. The number of carboxylic acid groups (broad SMARTS) is 1. The van der Waals surface area contributed by atoms with Gasteiger partial charge in [0.25, 0.3) is 0 Å². The predicted molar refractivity (Wildman–Crippen MR) is 82.4 cm³/mol. The number of methoxy groups -OCH3 is 1. The van der Waals surface area contributed by atoms with Crippen LogP contribution in [0, 0.1) is 11.7 Å². The van der Waals surface area contributed by atoms with Crippen molar-refractivity contribution in [2.24, 2.45) is 5.92 Å².